The minimum atomic E-state index is 0.126. The molecule has 0 aliphatic heterocycles. The minimum Gasteiger partial charge on any atom is -0.497 e. The summed E-state index contributed by atoms with van der Waals surface area (Å²) >= 11 is 6.34. The van der Waals surface area contributed by atoms with E-state index in [1.165, 1.54) is 10.9 Å². The van der Waals surface area contributed by atoms with Gasteiger partial charge in [-0.25, -0.2) is 24.9 Å². The van der Waals surface area contributed by atoms with Gasteiger partial charge in [-0.15, -0.1) is 0 Å². The molecule has 0 aliphatic carbocycles. The van der Waals surface area contributed by atoms with Crippen molar-refractivity contribution in [1.82, 2.24) is 34.9 Å². The Hall–Kier alpha value is -12.6. The summed E-state index contributed by atoms with van der Waals surface area (Å²) in [4.78, 5) is 32.3. The first-order valence-corrected chi connectivity index (χ1v) is 35.4. The third-order valence-electron chi connectivity index (χ3n) is 18.4. The van der Waals surface area contributed by atoms with Crippen LogP contribution >= 0.6 is 11.6 Å². The van der Waals surface area contributed by atoms with Crippen molar-refractivity contribution in [2.75, 3.05) is 42.7 Å². The Labute approximate surface area is 631 Å². The number of ether oxygens (including phenoxy) is 6. The van der Waals surface area contributed by atoms with Gasteiger partial charge < -0.3 is 28.4 Å². The molecule has 2 unspecified atom stereocenters. The highest BCUT2D eigenvalue weighted by atomic mass is 35.5. The number of pyridine rings is 3. The van der Waals surface area contributed by atoms with Crippen LogP contribution in [0.5, 0.6) is 34.5 Å². The maximum Gasteiger partial charge on any atom is 0.161 e. The Morgan fingerprint density at radius 1 is 0.327 bits per heavy atom. The lowest BCUT2D eigenvalue weighted by Crippen LogP contribution is -2.04. The van der Waals surface area contributed by atoms with Crippen molar-refractivity contribution in [3.63, 3.8) is 0 Å². The van der Waals surface area contributed by atoms with Crippen LogP contribution in [0.25, 0.3) is 71.1 Å². The molecule has 107 heavy (non-hydrogen) atoms. The molecule has 0 radical (unpaired) electrons. The molecular weight excluding hydrogens is 1350 g/mol. The van der Waals surface area contributed by atoms with Gasteiger partial charge in [0.1, 0.15) is 34.6 Å². The number of aromatic nitrogens is 7. The standard InChI is InChI=1S/C19H20N2O2.2C19H17NO.C18H14ClNO.C18H18N2O/c1-12(14-9-10-17(22-3)18(11-14)23-4)19-15-7-5-6-8-16(15)20-13(2)21-19;1-13-12-18(17-6-4-5-7-19(17)20-13)14(2)15-8-10-16(21-3)11-9-15;1-13-12-16-6-4-5-7-18(16)19(20-13)14(2)15-8-10-17(21-3)11-9-15;1-12(13-7-9-14(21-2)10-8-13)18-11-16(19)15-5-3-4-6-17(15)20-18;1-12(14-8-10-15(21-3)11-9-14)18-16-6-4-5-7-17(16)19-13(2)20-18/h5-12H,1-4H3;2*4-12H,2H2,1,3H3;3-11H,1H2,2H3;4-12H,1-3H3. The van der Waals surface area contributed by atoms with Gasteiger partial charge in [-0.05, 0) is 175 Å². The summed E-state index contributed by atoms with van der Waals surface area (Å²) < 4.78 is 31.5. The average molecular weight is 1430 g/mol. The molecule has 0 bridgehead atoms. The minimum absolute atomic E-state index is 0.126. The Morgan fingerprint density at radius 2 is 0.720 bits per heavy atom. The van der Waals surface area contributed by atoms with Gasteiger partial charge in [0.05, 0.1) is 92.5 Å². The van der Waals surface area contributed by atoms with E-state index >= 15 is 0 Å². The number of hydrogen-bond acceptors (Lipinski definition) is 13. The van der Waals surface area contributed by atoms with E-state index in [-0.39, 0.29) is 11.8 Å². The van der Waals surface area contributed by atoms with Crippen LogP contribution in [0.1, 0.15) is 105 Å². The Bertz CT molecular complexity index is 5510. The summed E-state index contributed by atoms with van der Waals surface area (Å²) in [5.74, 6) is 6.76. The van der Waals surface area contributed by atoms with Crippen LogP contribution in [0.2, 0.25) is 5.02 Å². The van der Waals surface area contributed by atoms with E-state index in [1.54, 1.807) is 42.7 Å². The highest BCUT2D eigenvalue weighted by Gasteiger charge is 2.20. The van der Waals surface area contributed by atoms with Crippen LogP contribution in [0.15, 0.2) is 275 Å². The van der Waals surface area contributed by atoms with Crippen molar-refractivity contribution in [2.45, 2.75) is 53.4 Å². The lowest BCUT2D eigenvalue weighted by molar-refractivity contribution is 0.354. The second-order valence-corrected chi connectivity index (χ2v) is 25.9. The summed E-state index contributed by atoms with van der Waals surface area (Å²) in [6.45, 7) is 24.9. The first kappa shape index (κ1) is 75.6. The maximum absolute atomic E-state index is 6.34. The Kier molecular flexibility index (Phi) is 24.9. The van der Waals surface area contributed by atoms with Crippen molar-refractivity contribution in [1.29, 1.82) is 0 Å². The second kappa shape index (κ2) is 35.3. The molecule has 10 aromatic carbocycles. The fraction of sp³-hybridized carbons (Fsp3) is 0.151. The summed E-state index contributed by atoms with van der Waals surface area (Å²) in [6, 6.07) is 84.4. The highest BCUT2D eigenvalue weighted by Crippen LogP contribution is 2.37. The second-order valence-electron chi connectivity index (χ2n) is 25.5. The molecule has 0 spiro atoms. The van der Waals surface area contributed by atoms with Crippen LogP contribution in [0.4, 0.5) is 0 Å². The Morgan fingerprint density at radius 3 is 1.21 bits per heavy atom. The van der Waals surface area contributed by atoms with Gasteiger partial charge in [-0.1, -0.05) is 197 Å². The monoisotopic (exact) mass is 1430 g/mol. The van der Waals surface area contributed by atoms with Gasteiger partial charge >= 0.3 is 0 Å². The van der Waals surface area contributed by atoms with E-state index in [4.69, 9.17) is 45.0 Å². The predicted octanol–water partition coefficient (Wildman–Crippen LogP) is 22.4. The number of rotatable bonds is 16. The summed E-state index contributed by atoms with van der Waals surface area (Å²) in [6.07, 6.45) is 0. The SMILES string of the molecule is C=C(c1ccc(OC)cc1)c1cc(C)nc2ccccc12.C=C(c1ccc(OC)cc1)c1cc(Cl)c2ccccc2n1.C=C(c1ccc(OC)cc1)c1nc(C)cc2ccccc12.COc1ccc(C(C)c2nc(C)nc3ccccc23)cc1.COc1ccc(C(C)c2nc(C)nc3ccccc23)cc1OC. The molecule has 2 atom stereocenters. The molecule has 0 aliphatic rings. The molecule has 0 fully saturated rings. The molecule has 0 N–H and O–H groups in total. The molecule has 15 aromatic rings. The smallest absolute Gasteiger partial charge is 0.161 e. The number of methoxy groups -OCH3 is 6. The Balaban J connectivity index is 0.000000133. The highest BCUT2D eigenvalue weighted by molar-refractivity contribution is 6.35. The number of para-hydroxylation sites is 4. The zero-order valence-corrected chi connectivity index (χ0v) is 63.2. The van der Waals surface area contributed by atoms with Gasteiger partial charge in [0.25, 0.3) is 0 Å². The third kappa shape index (κ3) is 18.1. The molecule has 14 heteroatoms. The molecule has 0 saturated heterocycles. The first-order chi connectivity index (χ1) is 51.9. The quantitative estimate of drug-likeness (QED) is 0.0905. The first-order valence-electron chi connectivity index (χ1n) is 35.0. The van der Waals surface area contributed by atoms with E-state index < -0.39 is 0 Å². The van der Waals surface area contributed by atoms with Crippen molar-refractivity contribution in [3.8, 4) is 34.5 Å². The molecule has 15 rings (SSSR count). The number of halogens is 1. The lowest BCUT2D eigenvalue weighted by atomic mass is 9.94. The van der Waals surface area contributed by atoms with Crippen molar-refractivity contribution < 1.29 is 28.4 Å². The molecule has 0 saturated carbocycles. The van der Waals surface area contributed by atoms with E-state index in [0.717, 1.165) is 174 Å². The number of fused-ring (bicyclic) bond motifs is 5. The largest absolute Gasteiger partial charge is 0.497 e. The molecule has 0 amide bonds. The van der Waals surface area contributed by atoms with Gasteiger partial charge in [0, 0.05) is 61.3 Å². The fourth-order valence-electron chi connectivity index (χ4n) is 12.7. The summed E-state index contributed by atoms with van der Waals surface area (Å²) in [5, 5.41) is 7.28. The molecule has 536 valence electrons. The summed E-state index contributed by atoms with van der Waals surface area (Å²) in [7, 11) is 9.95. The fourth-order valence-corrected chi connectivity index (χ4v) is 12.9. The number of benzene rings is 10. The van der Waals surface area contributed by atoms with E-state index in [9.17, 15) is 0 Å². The van der Waals surface area contributed by atoms with Crippen LogP contribution < -0.4 is 28.4 Å². The number of aryl methyl sites for hydroxylation is 4. The van der Waals surface area contributed by atoms with Gasteiger partial charge in [0.15, 0.2) is 11.5 Å². The van der Waals surface area contributed by atoms with E-state index in [2.05, 4.69) is 124 Å². The van der Waals surface area contributed by atoms with Crippen molar-refractivity contribution in [3.05, 3.63) is 359 Å². The molecule has 13 nitrogen and oxygen atoms in total. The van der Waals surface area contributed by atoms with Gasteiger partial charge in [-0.3, -0.25) is 9.97 Å². The molecule has 5 heterocycles. The predicted molar refractivity (Wildman–Crippen MR) is 439 cm³/mol. The molecule has 5 aromatic heterocycles. The maximum atomic E-state index is 6.34. The van der Waals surface area contributed by atoms with Crippen LogP contribution in [0.3, 0.4) is 0 Å². The zero-order valence-electron chi connectivity index (χ0n) is 62.5. The molecular formula is C93H86ClN7O6. The summed E-state index contributed by atoms with van der Waals surface area (Å²) in [5.41, 5.74) is 19.1. The van der Waals surface area contributed by atoms with Crippen LogP contribution in [0, 0.1) is 27.7 Å². The number of nitrogens with zero attached hydrogens (tertiary/aromatic N) is 7. The van der Waals surface area contributed by atoms with E-state index in [1.807, 2.05) is 222 Å². The van der Waals surface area contributed by atoms with Crippen molar-refractivity contribution >= 4 is 82.7 Å². The van der Waals surface area contributed by atoms with Crippen LogP contribution in [-0.2, 0) is 0 Å². The zero-order chi connectivity index (χ0) is 75.7. The normalized spacial score (nSPS) is 11.3. The third-order valence-corrected chi connectivity index (χ3v) is 18.8. The van der Waals surface area contributed by atoms with E-state index in [0.29, 0.717) is 5.02 Å². The average Bonchev–Trinajstić information content (AvgIpc) is 0.818. The lowest BCUT2D eigenvalue weighted by Gasteiger charge is -2.16. The van der Waals surface area contributed by atoms with Crippen molar-refractivity contribution in [2.24, 2.45) is 0 Å². The van der Waals surface area contributed by atoms with Gasteiger partial charge in [-0.2, -0.15) is 0 Å². The van der Waals surface area contributed by atoms with Crippen LogP contribution in [-0.4, -0.2) is 77.5 Å². The number of hydrogen-bond donors (Lipinski definition) is 0. The topological polar surface area (TPSA) is 146 Å². The van der Waals surface area contributed by atoms with Gasteiger partial charge in [0.2, 0.25) is 0 Å².